The molecule has 3 amide bonds. The molecule has 0 radical (unpaired) electrons. The van der Waals surface area contributed by atoms with Gasteiger partial charge in [0.15, 0.2) is 0 Å². The first-order chi connectivity index (χ1) is 25.6. The lowest BCUT2D eigenvalue weighted by atomic mass is 9.93. The molecule has 0 aliphatic carbocycles. The second kappa shape index (κ2) is 24.3. The highest BCUT2D eigenvalue weighted by Gasteiger charge is 2.29. The van der Waals surface area contributed by atoms with Gasteiger partial charge in [0.25, 0.3) is 0 Å². The number of benzene rings is 1. The maximum atomic E-state index is 12.6. The molecule has 16 nitrogen and oxygen atoms in total. The van der Waals surface area contributed by atoms with Crippen LogP contribution in [-0.2, 0) is 28.5 Å². The van der Waals surface area contributed by atoms with Crippen molar-refractivity contribution in [1.29, 1.82) is 0 Å². The third-order valence-corrected chi connectivity index (χ3v) is 9.99. The molecular weight excluding hydrogens is 705 g/mol. The van der Waals surface area contributed by atoms with Crippen LogP contribution in [0.3, 0.4) is 0 Å². The lowest BCUT2D eigenvalue weighted by Crippen LogP contribution is -2.49. The molecule has 1 aromatic rings. The summed E-state index contributed by atoms with van der Waals surface area (Å²) in [5, 5.41) is 11.2. The number of hydrazine groups is 2. The Bertz CT molecular complexity index is 1180. The fourth-order valence-corrected chi connectivity index (χ4v) is 6.70. The van der Waals surface area contributed by atoms with E-state index in [4.69, 9.17) is 28.4 Å². The molecule has 3 saturated heterocycles. The van der Waals surface area contributed by atoms with Gasteiger partial charge >= 0.3 is 6.03 Å². The van der Waals surface area contributed by atoms with E-state index in [1.54, 1.807) is 36.0 Å². The predicted molar refractivity (Wildman–Crippen MR) is 206 cm³/mol. The van der Waals surface area contributed by atoms with Gasteiger partial charge in [-0.15, -0.1) is 11.8 Å². The summed E-state index contributed by atoms with van der Waals surface area (Å²) in [5.74, 6) is 1.63. The van der Waals surface area contributed by atoms with Crippen LogP contribution in [-0.4, -0.2) is 169 Å². The molecular formula is C36H64N8O8S. The van der Waals surface area contributed by atoms with Gasteiger partial charge < -0.3 is 48.9 Å². The first-order valence-electron chi connectivity index (χ1n) is 18.9. The first kappa shape index (κ1) is 43.4. The molecule has 53 heavy (non-hydrogen) atoms. The van der Waals surface area contributed by atoms with Gasteiger partial charge in [0.2, 0.25) is 5.91 Å². The standard InChI is InChI=1S/C36H64N8O8S/c1-36(2,3)9-15-47-17-19-49-20-18-48-16-14-44-26-31(40-41-44)27-51-22-21-50-23-24-52-32-7-5-29(6-8-32)37-34(46)39-35-38-30(28-53-35)25-33(45)43-12-10-42(4)11-13-43/h5-8,30-31,35,38,40-41H,9-28H2,1-4H3,(H2,37,39,46). The number of anilines is 1. The Hall–Kier alpha value is -2.29. The Morgan fingerprint density at radius 2 is 1.47 bits per heavy atom. The van der Waals surface area contributed by atoms with E-state index in [0.29, 0.717) is 89.3 Å². The topological polar surface area (TPSA) is 159 Å². The highest BCUT2D eigenvalue weighted by atomic mass is 32.2. The molecule has 302 valence electrons. The Morgan fingerprint density at radius 1 is 0.830 bits per heavy atom. The van der Waals surface area contributed by atoms with Crippen molar-refractivity contribution in [1.82, 2.24) is 36.4 Å². The molecule has 0 saturated carbocycles. The zero-order valence-electron chi connectivity index (χ0n) is 32.2. The molecule has 3 heterocycles. The molecule has 3 unspecified atom stereocenters. The predicted octanol–water partition coefficient (Wildman–Crippen LogP) is 1.55. The van der Waals surface area contributed by atoms with Crippen molar-refractivity contribution in [2.24, 2.45) is 5.41 Å². The average Bonchev–Trinajstić information content (AvgIpc) is 3.77. The maximum absolute atomic E-state index is 12.6. The number of ether oxygens (including phenoxy) is 6. The lowest BCUT2D eigenvalue weighted by molar-refractivity contribution is -0.133. The number of piperazine rings is 1. The largest absolute Gasteiger partial charge is 0.491 e. The molecule has 1 aromatic carbocycles. The molecule has 0 spiro atoms. The Balaban J connectivity index is 0.918. The van der Waals surface area contributed by atoms with Gasteiger partial charge in [0, 0.05) is 69.8 Å². The number of hydrogen-bond donors (Lipinski definition) is 5. The van der Waals surface area contributed by atoms with Gasteiger partial charge in [-0.1, -0.05) is 20.8 Å². The highest BCUT2D eigenvalue weighted by Crippen LogP contribution is 2.21. The SMILES string of the molecule is CN1CCN(C(=O)CC2CSC(NC(=O)Nc3ccc(OCCOCCOCC4CN(CCOCCOCCOCCC(C)(C)C)NN4)cc3)N2)CC1. The second-order valence-electron chi connectivity index (χ2n) is 14.7. The third-order valence-electron chi connectivity index (χ3n) is 8.80. The third kappa shape index (κ3) is 18.7. The van der Waals surface area contributed by atoms with Crippen molar-refractivity contribution in [3.05, 3.63) is 24.3 Å². The number of thioether (sulfide) groups is 1. The van der Waals surface area contributed by atoms with Gasteiger partial charge in [0.1, 0.15) is 17.9 Å². The minimum atomic E-state index is -0.311. The van der Waals surface area contributed by atoms with Gasteiger partial charge in [-0.05, 0) is 43.1 Å². The number of nitrogens with one attached hydrogen (secondary N) is 5. The average molecular weight is 769 g/mol. The molecule has 3 aliphatic heterocycles. The summed E-state index contributed by atoms with van der Waals surface area (Å²) >= 11 is 1.59. The van der Waals surface area contributed by atoms with E-state index in [-0.39, 0.29) is 29.5 Å². The molecule has 17 heteroatoms. The van der Waals surface area contributed by atoms with E-state index in [2.05, 4.69) is 64.6 Å². The molecule has 0 aromatic heterocycles. The quantitative estimate of drug-likeness (QED) is 0.0965. The monoisotopic (exact) mass is 768 g/mol. The number of rotatable bonds is 24. The molecule has 3 aliphatic rings. The van der Waals surface area contributed by atoms with E-state index >= 15 is 0 Å². The fourth-order valence-electron chi connectivity index (χ4n) is 5.58. The number of carbonyl (C=O) groups excluding carboxylic acids is 2. The molecule has 0 bridgehead atoms. The second-order valence-corrected chi connectivity index (χ2v) is 15.8. The van der Waals surface area contributed by atoms with Crippen LogP contribution >= 0.6 is 11.8 Å². The lowest BCUT2D eigenvalue weighted by Gasteiger charge is -2.33. The Kier molecular flexibility index (Phi) is 19.9. The molecule has 4 rings (SSSR count). The number of amides is 3. The Labute approximate surface area is 319 Å². The maximum Gasteiger partial charge on any atom is 0.321 e. The Morgan fingerprint density at radius 3 is 2.17 bits per heavy atom. The van der Waals surface area contributed by atoms with E-state index in [1.807, 2.05) is 4.90 Å². The van der Waals surface area contributed by atoms with Crippen molar-refractivity contribution < 1.29 is 38.0 Å². The molecule has 3 atom stereocenters. The number of urea groups is 1. The normalized spacial score (nSPS) is 21.3. The molecule has 5 N–H and O–H groups in total. The summed E-state index contributed by atoms with van der Waals surface area (Å²) in [4.78, 5) is 29.4. The minimum absolute atomic E-state index is 0.0391. The van der Waals surface area contributed by atoms with Crippen LogP contribution in [0.15, 0.2) is 24.3 Å². The minimum Gasteiger partial charge on any atom is -0.491 e. The summed E-state index contributed by atoms with van der Waals surface area (Å²) in [6.45, 7) is 17.7. The van der Waals surface area contributed by atoms with E-state index in [1.165, 1.54) is 0 Å². The number of nitrogens with zero attached hydrogens (tertiary/aromatic N) is 3. The summed E-state index contributed by atoms with van der Waals surface area (Å²) < 4.78 is 34.0. The van der Waals surface area contributed by atoms with Crippen LogP contribution in [0, 0.1) is 5.41 Å². The smallest absolute Gasteiger partial charge is 0.321 e. The van der Waals surface area contributed by atoms with Gasteiger partial charge in [-0.2, -0.15) is 5.53 Å². The fraction of sp³-hybridized carbons (Fsp3) is 0.778. The van der Waals surface area contributed by atoms with E-state index in [9.17, 15) is 9.59 Å². The summed E-state index contributed by atoms with van der Waals surface area (Å²) in [5.41, 5.74) is 7.10. The summed E-state index contributed by atoms with van der Waals surface area (Å²) in [7, 11) is 2.07. The number of carbonyl (C=O) groups is 2. The van der Waals surface area contributed by atoms with Crippen LogP contribution in [0.4, 0.5) is 10.5 Å². The van der Waals surface area contributed by atoms with Gasteiger partial charge in [0.05, 0.1) is 65.5 Å². The first-order valence-corrected chi connectivity index (χ1v) is 20.0. The summed E-state index contributed by atoms with van der Waals surface area (Å²) in [6.07, 6.45) is 1.48. The van der Waals surface area contributed by atoms with Crippen LogP contribution in [0.25, 0.3) is 0 Å². The van der Waals surface area contributed by atoms with Crippen molar-refractivity contribution in [3.63, 3.8) is 0 Å². The zero-order chi connectivity index (χ0) is 37.7. The van der Waals surface area contributed by atoms with Gasteiger partial charge in [-0.3, -0.25) is 10.1 Å². The van der Waals surface area contributed by atoms with E-state index in [0.717, 1.165) is 58.0 Å². The highest BCUT2D eigenvalue weighted by molar-refractivity contribution is 8.00. The van der Waals surface area contributed by atoms with Crippen LogP contribution < -0.4 is 31.6 Å². The molecule has 3 fully saturated rings. The van der Waals surface area contributed by atoms with Crippen molar-refractivity contribution in [2.45, 2.75) is 51.2 Å². The number of likely N-dealkylation sites (N-methyl/N-ethyl adjacent to an activating group) is 1. The van der Waals surface area contributed by atoms with Gasteiger partial charge in [-0.25, -0.2) is 15.2 Å². The van der Waals surface area contributed by atoms with Crippen molar-refractivity contribution >= 4 is 29.4 Å². The van der Waals surface area contributed by atoms with E-state index < -0.39 is 0 Å². The van der Waals surface area contributed by atoms with Crippen molar-refractivity contribution in [2.75, 3.05) is 130 Å². The van der Waals surface area contributed by atoms with Crippen LogP contribution in [0.2, 0.25) is 0 Å². The number of hydrogen-bond acceptors (Lipinski definition) is 14. The van der Waals surface area contributed by atoms with Crippen molar-refractivity contribution in [3.8, 4) is 5.75 Å². The van der Waals surface area contributed by atoms with Crippen LogP contribution in [0.1, 0.15) is 33.6 Å². The van der Waals surface area contributed by atoms with Crippen LogP contribution in [0.5, 0.6) is 5.75 Å². The summed E-state index contributed by atoms with van der Waals surface area (Å²) in [6, 6.07) is 7.11. The zero-order valence-corrected chi connectivity index (χ0v) is 33.0.